The summed E-state index contributed by atoms with van der Waals surface area (Å²) in [5, 5.41) is 9.82. The van der Waals surface area contributed by atoms with E-state index in [0.29, 0.717) is 30.6 Å². The van der Waals surface area contributed by atoms with E-state index in [2.05, 4.69) is 4.98 Å². The summed E-state index contributed by atoms with van der Waals surface area (Å²) < 4.78 is 11.0. The predicted molar refractivity (Wildman–Crippen MR) is 85.9 cm³/mol. The number of oxazole rings is 1. The first-order valence-electron chi connectivity index (χ1n) is 7.18. The molecule has 22 heavy (non-hydrogen) atoms. The zero-order valence-corrected chi connectivity index (χ0v) is 13.6. The average molecular weight is 325 g/mol. The Kier molecular flexibility index (Phi) is 6.39. The van der Waals surface area contributed by atoms with Gasteiger partial charge in [0.1, 0.15) is 0 Å². The van der Waals surface area contributed by atoms with Crippen LogP contribution in [-0.4, -0.2) is 48.4 Å². The fraction of sp³-hybridized carbons (Fsp3) is 0.438. The molecule has 0 spiro atoms. The molecule has 1 aromatic heterocycles. The predicted octanol–water partition coefficient (Wildman–Crippen LogP) is 2.74. The third-order valence-corrected chi connectivity index (χ3v) is 3.59. The highest BCUT2D eigenvalue weighted by Crippen LogP contribution is 2.26. The first-order chi connectivity index (χ1) is 10.6. The van der Waals surface area contributed by atoms with Crippen molar-refractivity contribution in [2.75, 3.05) is 33.4 Å². The Morgan fingerprint density at radius 2 is 2.00 bits per heavy atom. The van der Waals surface area contributed by atoms with Crippen LogP contribution in [0.2, 0.25) is 5.02 Å². The fourth-order valence-electron chi connectivity index (χ4n) is 2.21. The van der Waals surface area contributed by atoms with Gasteiger partial charge >= 0.3 is 0 Å². The molecule has 0 amide bonds. The topological polar surface area (TPSA) is 58.7 Å². The van der Waals surface area contributed by atoms with Gasteiger partial charge in [-0.2, -0.15) is 0 Å². The highest BCUT2D eigenvalue weighted by Gasteiger charge is 2.14. The maximum atomic E-state index is 9.13. The number of hydrogen-bond donors (Lipinski definition) is 1. The molecule has 0 atom stereocenters. The summed E-state index contributed by atoms with van der Waals surface area (Å²) in [5.74, 6) is 1.38. The van der Waals surface area contributed by atoms with E-state index in [4.69, 9.17) is 25.9 Å². The minimum Gasteiger partial charge on any atom is -0.439 e. The van der Waals surface area contributed by atoms with Crippen LogP contribution in [0, 0.1) is 6.92 Å². The zero-order valence-electron chi connectivity index (χ0n) is 12.9. The molecule has 0 aliphatic heterocycles. The highest BCUT2D eigenvalue weighted by atomic mass is 35.5. The lowest BCUT2D eigenvalue weighted by atomic mass is 10.1. The van der Waals surface area contributed by atoms with Crippen molar-refractivity contribution in [3.63, 3.8) is 0 Å². The molecule has 2 rings (SSSR count). The first kappa shape index (κ1) is 17.0. The highest BCUT2D eigenvalue weighted by molar-refractivity contribution is 6.30. The van der Waals surface area contributed by atoms with E-state index in [1.165, 1.54) is 0 Å². The quantitative estimate of drug-likeness (QED) is 0.809. The van der Waals surface area contributed by atoms with Crippen LogP contribution >= 0.6 is 11.6 Å². The van der Waals surface area contributed by atoms with Crippen molar-refractivity contribution < 1.29 is 14.3 Å². The molecule has 0 bridgehead atoms. The van der Waals surface area contributed by atoms with Crippen LogP contribution in [0.3, 0.4) is 0 Å². The van der Waals surface area contributed by atoms with Gasteiger partial charge in [-0.15, -0.1) is 0 Å². The largest absolute Gasteiger partial charge is 0.439 e. The lowest BCUT2D eigenvalue weighted by molar-refractivity contribution is 0.121. The number of ether oxygens (including phenoxy) is 1. The summed E-state index contributed by atoms with van der Waals surface area (Å²) in [5.41, 5.74) is 1.79. The summed E-state index contributed by atoms with van der Waals surface area (Å²) in [6, 6.07) is 7.48. The third-order valence-electron chi connectivity index (χ3n) is 3.33. The smallest absolute Gasteiger partial charge is 0.209 e. The molecule has 2 aromatic rings. The number of aliphatic hydroxyl groups is 1. The Balaban J connectivity index is 2.12. The van der Waals surface area contributed by atoms with Crippen molar-refractivity contribution >= 4 is 11.6 Å². The van der Waals surface area contributed by atoms with E-state index in [1.54, 1.807) is 7.11 Å². The maximum absolute atomic E-state index is 9.13. The van der Waals surface area contributed by atoms with Crippen LogP contribution in [-0.2, 0) is 11.3 Å². The minimum atomic E-state index is 0.0907. The number of halogens is 1. The van der Waals surface area contributed by atoms with Crippen molar-refractivity contribution in [2.45, 2.75) is 13.5 Å². The van der Waals surface area contributed by atoms with Gasteiger partial charge in [0.2, 0.25) is 5.89 Å². The Bertz CT molecular complexity index is 584. The SMILES string of the molecule is COCCN(CCO)Cc1nc(C)c(-c2ccc(Cl)cc2)o1. The second-order valence-electron chi connectivity index (χ2n) is 5.02. The second kappa shape index (κ2) is 8.29. The number of benzene rings is 1. The number of rotatable bonds is 8. The maximum Gasteiger partial charge on any atom is 0.209 e. The van der Waals surface area contributed by atoms with Crippen molar-refractivity contribution in [2.24, 2.45) is 0 Å². The van der Waals surface area contributed by atoms with E-state index >= 15 is 0 Å². The van der Waals surface area contributed by atoms with Crippen molar-refractivity contribution in [1.29, 1.82) is 0 Å². The molecule has 0 unspecified atom stereocenters. The Morgan fingerprint density at radius 3 is 2.64 bits per heavy atom. The zero-order chi connectivity index (χ0) is 15.9. The van der Waals surface area contributed by atoms with Gasteiger partial charge in [0.05, 0.1) is 25.5 Å². The van der Waals surface area contributed by atoms with Crippen LogP contribution in [0.5, 0.6) is 0 Å². The molecule has 1 aromatic carbocycles. The Labute approximate surface area is 135 Å². The molecule has 0 radical (unpaired) electrons. The number of aryl methyl sites for hydroxylation is 1. The molecule has 0 aliphatic rings. The third kappa shape index (κ3) is 4.55. The van der Waals surface area contributed by atoms with Crippen molar-refractivity contribution in [1.82, 2.24) is 9.88 Å². The standard InChI is InChI=1S/C16H21ClN2O3/c1-12-16(13-3-5-14(17)6-4-13)22-15(18-12)11-19(7-9-20)8-10-21-2/h3-6,20H,7-11H2,1-2H3. The van der Waals surface area contributed by atoms with Gasteiger partial charge in [0.25, 0.3) is 0 Å². The second-order valence-corrected chi connectivity index (χ2v) is 5.46. The number of methoxy groups -OCH3 is 1. The summed E-state index contributed by atoms with van der Waals surface area (Å²) in [4.78, 5) is 6.52. The van der Waals surface area contributed by atoms with Crippen LogP contribution < -0.4 is 0 Å². The molecule has 0 fully saturated rings. The van der Waals surface area contributed by atoms with E-state index in [0.717, 1.165) is 23.6 Å². The molecule has 0 saturated carbocycles. The molecule has 6 heteroatoms. The van der Waals surface area contributed by atoms with Gasteiger partial charge in [-0.1, -0.05) is 11.6 Å². The van der Waals surface area contributed by atoms with Gasteiger partial charge < -0.3 is 14.3 Å². The molecule has 5 nitrogen and oxygen atoms in total. The molecule has 0 aliphatic carbocycles. The van der Waals surface area contributed by atoms with Crippen LogP contribution in [0.4, 0.5) is 0 Å². The van der Waals surface area contributed by atoms with Gasteiger partial charge in [0.15, 0.2) is 5.76 Å². The Hall–Kier alpha value is -1.40. The molecular formula is C16H21ClN2O3. The molecule has 120 valence electrons. The normalized spacial score (nSPS) is 11.3. The van der Waals surface area contributed by atoms with E-state index in [-0.39, 0.29) is 6.61 Å². The summed E-state index contributed by atoms with van der Waals surface area (Å²) >= 11 is 5.91. The number of hydrogen-bond acceptors (Lipinski definition) is 5. The summed E-state index contributed by atoms with van der Waals surface area (Å²) in [6.07, 6.45) is 0. The summed E-state index contributed by atoms with van der Waals surface area (Å²) in [7, 11) is 1.66. The van der Waals surface area contributed by atoms with Crippen molar-refractivity contribution in [3.05, 3.63) is 40.9 Å². The van der Waals surface area contributed by atoms with Gasteiger partial charge in [0, 0.05) is 30.8 Å². The van der Waals surface area contributed by atoms with Crippen LogP contribution in [0.25, 0.3) is 11.3 Å². The minimum absolute atomic E-state index is 0.0907. The lowest BCUT2D eigenvalue weighted by Gasteiger charge is -2.18. The summed E-state index contributed by atoms with van der Waals surface area (Å²) in [6.45, 7) is 4.42. The number of aliphatic hydroxyl groups excluding tert-OH is 1. The van der Waals surface area contributed by atoms with Gasteiger partial charge in [-0.05, 0) is 31.2 Å². The van der Waals surface area contributed by atoms with E-state index < -0.39 is 0 Å². The molecule has 1 N–H and O–H groups in total. The van der Waals surface area contributed by atoms with Gasteiger partial charge in [-0.25, -0.2) is 4.98 Å². The monoisotopic (exact) mass is 324 g/mol. The van der Waals surface area contributed by atoms with Crippen LogP contribution in [0.15, 0.2) is 28.7 Å². The van der Waals surface area contributed by atoms with Crippen molar-refractivity contribution in [3.8, 4) is 11.3 Å². The number of nitrogens with zero attached hydrogens (tertiary/aromatic N) is 2. The number of aromatic nitrogens is 1. The molecular weight excluding hydrogens is 304 g/mol. The average Bonchev–Trinajstić information content (AvgIpc) is 2.86. The van der Waals surface area contributed by atoms with E-state index in [1.807, 2.05) is 36.1 Å². The van der Waals surface area contributed by atoms with Gasteiger partial charge in [-0.3, -0.25) is 4.90 Å². The molecule has 0 saturated heterocycles. The Morgan fingerprint density at radius 1 is 1.27 bits per heavy atom. The lowest BCUT2D eigenvalue weighted by Crippen LogP contribution is -2.29. The van der Waals surface area contributed by atoms with E-state index in [9.17, 15) is 0 Å². The molecule has 1 heterocycles. The van der Waals surface area contributed by atoms with Crippen LogP contribution in [0.1, 0.15) is 11.6 Å². The fourth-order valence-corrected chi connectivity index (χ4v) is 2.34. The first-order valence-corrected chi connectivity index (χ1v) is 7.56.